The summed E-state index contributed by atoms with van der Waals surface area (Å²) >= 11 is 0. The number of hydrazine groups is 1. The molecule has 30 heavy (non-hydrogen) atoms. The van der Waals surface area contributed by atoms with Gasteiger partial charge < -0.3 is 0 Å². The molecule has 0 amide bonds. The number of rotatable bonds is 0. The van der Waals surface area contributed by atoms with E-state index in [9.17, 15) is 31.6 Å². The van der Waals surface area contributed by atoms with E-state index in [2.05, 4.69) is 15.5 Å². The fourth-order valence-electron chi connectivity index (χ4n) is 3.49. The van der Waals surface area contributed by atoms with Crippen molar-refractivity contribution >= 4 is 5.84 Å². The van der Waals surface area contributed by atoms with Crippen molar-refractivity contribution < 1.29 is 4.70 Å². The molecule has 0 aromatic heterocycles. The first kappa shape index (κ1) is 17.9. The minimum Gasteiger partial charge on any atom is -0.212 e. The molecule has 1 atom stereocenters. The van der Waals surface area contributed by atoms with Gasteiger partial charge in [-0.3, -0.25) is 0 Å². The number of amidine groups is 1. The minimum absolute atomic E-state index is 0.0336. The topological polar surface area (TPSA) is 186 Å². The van der Waals surface area contributed by atoms with E-state index in [4.69, 9.17) is 0 Å². The van der Waals surface area contributed by atoms with E-state index in [1.165, 1.54) is 29.3 Å². The van der Waals surface area contributed by atoms with Gasteiger partial charge in [-0.05, 0) is 29.4 Å². The number of quaternary nitrogens is 1. The highest BCUT2D eigenvalue weighted by Crippen LogP contribution is 2.46. The molecule has 0 bridgehead atoms. The molecule has 4 rings (SSSR count). The summed E-state index contributed by atoms with van der Waals surface area (Å²) in [5.41, 5.74) is 0.683. The standard InChI is InChI=1S/C18H5N12/c19-5-11-1-2-12(6-20)16-15(11)17-13(7-21)3-4-14(8-22)28(17)29-18(16)25-26-27-30(29,9-23)10-24/h1-4,17H/q+1. The van der Waals surface area contributed by atoms with Crippen molar-refractivity contribution in [1.82, 2.24) is 10.1 Å². The number of hydrogen-bond donors (Lipinski definition) is 0. The van der Waals surface area contributed by atoms with Crippen molar-refractivity contribution in [3.63, 3.8) is 0 Å². The van der Waals surface area contributed by atoms with Crippen molar-refractivity contribution in [2.24, 2.45) is 15.5 Å². The summed E-state index contributed by atoms with van der Waals surface area (Å²) in [6, 6.07) is 9.73. The SMILES string of the molecule is N#CC1=CC=C(C#N)N2C1c1c(C#N)ccc(C#N)c1C1=NN=N[N+](C#N)(C#N)N12. The lowest BCUT2D eigenvalue weighted by Crippen LogP contribution is -2.65. The third-order valence-electron chi connectivity index (χ3n) is 4.69. The highest BCUT2D eigenvalue weighted by molar-refractivity contribution is 6.03. The molecule has 136 valence electrons. The average Bonchev–Trinajstić information content (AvgIpc) is 2.81. The van der Waals surface area contributed by atoms with Gasteiger partial charge in [-0.25, -0.2) is 5.01 Å². The molecular formula is C18H5N12+. The first-order chi connectivity index (χ1) is 14.6. The molecule has 3 aliphatic heterocycles. The second-order valence-corrected chi connectivity index (χ2v) is 6.01. The third-order valence-corrected chi connectivity index (χ3v) is 4.69. The second kappa shape index (κ2) is 6.27. The quantitative estimate of drug-likeness (QED) is 0.472. The summed E-state index contributed by atoms with van der Waals surface area (Å²) in [4.78, 5) is 0. The lowest BCUT2D eigenvalue weighted by molar-refractivity contribution is -0.943. The van der Waals surface area contributed by atoms with E-state index >= 15 is 0 Å². The predicted molar refractivity (Wildman–Crippen MR) is 92.6 cm³/mol. The van der Waals surface area contributed by atoms with Gasteiger partial charge in [-0.1, -0.05) is 5.10 Å². The first-order valence-electron chi connectivity index (χ1n) is 8.12. The van der Waals surface area contributed by atoms with Crippen LogP contribution in [0.4, 0.5) is 0 Å². The summed E-state index contributed by atoms with van der Waals surface area (Å²) in [5, 5.41) is 71.5. The molecule has 0 saturated heterocycles. The Bertz CT molecular complexity index is 1370. The number of benzene rings is 1. The van der Waals surface area contributed by atoms with Gasteiger partial charge in [0.05, 0.1) is 40.5 Å². The van der Waals surface area contributed by atoms with Crippen molar-refractivity contribution in [3.8, 4) is 36.7 Å². The van der Waals surface area contributed by atoms with E-state index in [1.54, 1.807) is 12.4 Å². The smallest absolute Gasteiger partial charge is 0.212 e. The van der Waals surface area contributed by atoms with Gasteiger partial charge in [0.15, 0.2) is 0 Å². The Kier molecular flexibility index (Phi) is 3.73. The Labute approximate surface area is 168 Å². The number of fused-ring (bicyclic) bond motifs is 6. The van der Waals surface area contributed by atoms with Gasteiger partial charge in [0, 0.05) is 10.8 Å². The highest BCUT2D eigenvalue weighted by atomic mass is 16.1. The van der Waals surface area contributed by atoms with Crippen LogP contribution < -0.4 is 0 Å². The maximum absolute atomic E-state index is 9.75. The van der Waals surface area contributed by atoms with E-state index in [0.717, 1.165) is 5.12 Å². The molecule has 0 N–H and O–H groups in total. The fraction of sp³-hybridized carbons (Fsp3) is 0.0556. The zero-order chi connectivity index (χ0) is 21.5. The second-order valence-electron chi connectivity index (χ2n) is 6.01. The van der Waals surface area contributed by atoms with Crippen molar-refractivity contribution in [2.75, 3.05) is 0 Å². The normalized spacial score (nSPS) is 19.4. The van der Waals surface area contributed by atoms with Crippen molar-refractivity contribution in [3.05, 3.63) is 57.8 Å². The van der Waals surface area contributed by atoms with Gasteiger partial charge in [0.1, 0.15) is 27.7 Å². The summed E-state index contributed by atoms with van der Waals surface area (Å²) in [7, 11) is 0. The number of nitriles is 6. The Morgan fingerprint density at radius 3 is 2.17 bits per heavy atom. The molecule has 0 fully saturated rings. The van der Waals surface area contributed by atoms with Crippen LogP contribution in [-0.4, -0.2) is 20.7 Å². The van der Waals surface area contributed by atoms with Crippen LogP contribution in [0, 0.1) is 68.2 Å². The minimum atomic E-state index is -1.42. The van der Waals surface area contributed by atoms with Crippen LogP contribution in [-0.2, 0) is 0 Å². The summed E-state index contributed by atoms with van der Waals surface area (Å²) in [6.07, 6.45) is 6.16. The number of allylic oxidation sites excluding steroid dienone is 3. The first-order valence-corrected chi connectivity index (χ1v) is 8.12. The molecule has 1 unspecified atom stereocenters. The van der Waals surface area contributed by atoms with E-state index in [0.29, 0.717) is 0 Å². The van der Waals surface area contributed by atoms with Gasteiger partial charge >= 0.3 is 12.4 Å². The molecule has 1 aromatic rings. The van der Waals surface area contributed by atoms with E-state index in [1.807, 2.05) is 24.3 Å². The zero-order valence-corrected chi connectivity index (χ0v) is 14.8. The predicted octanol–water partition coefficient (Wildman–Crippen LogP) is 1.61. The Hall–Kier alpha value is -5.53. The Morgan fingerprint density at radius 2 is 1.57 bits per heavy atom. The van der Waals surface area contributed by atoms with Gasteiger partial charge in [-0.2, -0.15) is 21.0 Å². The molecule has 0 aliphatic carbocycles. The number of nitrogens with zero attached hydrogens (tertiary/aromatic N) is 12. The fourth-order valence-corrected chi connectivity index (χ4v) is 3.49. The molecule has 3 aliphatic rings. The van der Waals surface area contributed by atoms with Gasteiger partial charge in [0.25, 0.3) is 0 Å². The molecule has 0 radical (unpaired) electrons. The van der Waals surface area contributed by atoms with Crippen LogP contribution in [0.25, 0.3) is 0 Å². The summed E-state index contributed by atoms with van der Waals surface area (Å²) in [6.45, 7) is 0. The molecule has 0 saturated carbocycles. The molecule has 1 aromatic carbocycles. The highest BCUT2D eigenvalue weighted by Gasteiger charge is 2.57. The van der Waals surface area contributed by atoms with Crippen LogP contribution in [0.1, 0.15) is 28.3 Å². The van der Waals surface area contributed by atoms with Crippen LogP contribution in [0.15, 0.2) is 51.1 Å². The molecular weight excluding hydrogens is 384 g/mol. The van der Waals surface area contributed by atoms with Crippen LogP contribution >= 0.6 is 0 Å². The van der Waals surface area contributed by atoms with Crippen molar-refractivity contribution in [2.45, 2.75) is 6.04 Å². The maximum atomic E-state index is 9.75. The lowest BCUT2D eigenvalue weighted by atomic mass is 9.84. The lowest BCUT2D eigenvalue weighted by Gasteiger charge is -2.46. The van der Waals surface area contributed by atoms with Crippen molar-refractivity contribution in [1.29, 1.82) is 31.6 Å². The molecule has 0 spiro atoms. The monoisotopic (exact) mass is 389 g/mol. The van der Waals surface area contributed by atoms with Crippen LogP contribution in [0.2, 0.25) is 0 Å². The van der Waals surface area contributed by atoms with Crippen LogP contribution in [0.5, 0.6) is 0 Å². The molecule has 3 heterocycles. The third kappa shape index (κ3) is 2.03. The largest absolute Gasteiger partial charge is 0.387 e. The van der Waals surface area contributed by atoms with Gasteiger partial charge in [0.2, 0.25) is 5.84 Å². The molecule has 12 heteroatoms. The van der Waals surface area contributed by atoms with E-state index in [-0.39, 0.29) is 39.4 Å². The maximum Gasteiger partial charge on any atom is 0.387 e. The average molecular weight is 389 g/mol. The van der Waals surface area contributed by atoms with Crippen LogP contribution in [0.3, 0.4) is 0 Å². The Morgan fingerprint density at radius 1 is 0.867 bits per heavy atom. The molecule has 12 nitrogen and oxygen atoms in total. The summed E-state index contributed by atoms with van der Waals surface area (Å²) < 4.78 is -1.42. The number of hydrogen-bond acceptors (Lipinski definition) is 11. The summed E-state index contributed by atoms with van der Waals surface area (Å²) in [5.74, 6) is -0.131. The Balaban J connectivity index is 2.21. The zero-order valence-electron chi connectivity index (χ0n) is 14.8. The van der Waals surface area contributed by atoms with E-state index < -0.39 is 10.7 Å². The van der Waals surface area contributed by atoms with Gasteiger partial charge in [-0.15, -0.1) is 10.5 Å².